The normalized spacial score (nSPS) is 11.8. The smallest absolute Gasteiger partial charge is 0.314 e. The van der Waals surface area contributed by atoms with Crippen LogP contribution in [0.25, 0.3) is 22.7 Å². The molecule has 0 unspecified atom stereocenters. The van der Waals surface area contributed by atoms with Gasteiger partial charge in [0.15, 0.2) is 17.2 Å². The van der Waals surface area contributed by atoms with Crippen molar-refractivity contribution in [3.8, 4) is 11.5 Å². The minimum atomic E-state index is -4.60. The molecule has 7 nitrogen and oxygen atoms in total. The third-order valence-corrected chi connectivity index (χ3v) is 5.03. The van der Waals surface area contributed by atoms with Gasteiger partial charge in [0.05, 0.1) is 11.9 Å². The van der Waals surface area contributed by atoms with Crippen LogP contribution in [0.15, 0.2) is 23.2 Å². The monoisotopic (exact) mass is 410 g/mol. The lowest BCUT2D eigenvalue weighted by Crippen LogP contribution is -2.23. The highest BCUT2D eigenvalue weighted by molar-refractivity contribution is 7.99. The molecule has 0 saturated carbocycles. The number of aromatic nitrogens is 5. The summed E-state index contributed by atoms with van der Waals surface area (Å²) in [6.07, 6.45) is -3.07. The maximum absolute atomic E-state index is 12.9. The largest absolute Gasteiger partial charge is 0.435 e. The zero-order valence-electron chi connectivity index (χ0n) is 15.6. The van der Waals surface area contributed by atoms with Crippen LogP contribution in [0.5, 0.6) is 0 Å². The zero-order chi connectivity index (χ0) is 20.6. The van der Waals surface area contributed by atoms with E-state index in [-0.39, 0.29) is 17.1 Å². The minimum Gasteiger partial charge on any atom is -0.314 e. The standard InChI is InChI=1S/C17H17F3N6OS/c1-5-28-12-6-10(25(3)9(2)27)8-21-14(12)16-22-11-7-13(17(18,19)20)23-24-15(11)26(16)4/h6-8H,5H2,1-4H3. The van der Waals surface area contributed by atoms with Crippen LogP contribution in [0, 0.1) is 0 Å². The fraction of sp³-hybridized carbons (Fsp3) is 0.353. The quantitative estimate of drug-likeness (QED) is 0.613. The van der Waals surface area contributed by atoms with Crippen LogP contribution < -0.4 is 4.90 Å². The zero-order valence-corrected chi connectivity index (χ0v) is 16.4. The lowest BCUT2D eigenvalue weighted by Gasteiger charge is -2.17. The predicted octanol–water partition coefficient (Wildman–Crippen LogP) is 3.54. The lowest BCUT2D eigenvalue weighted by atomic mass is 10.3. The van der Waals surface area contributed by atoms with E-state index in [1.54, 1.807) is 18.7 Å². The summed E-state index contributed by atoms with van der Waals surface area (Å²) < 4.78 is 40.3. The fourth-order valence-electron chi connectivity index (χ4n) is 2.57. The number of carbonyl (C=O) groups excluding carboxylic acids is 1. The summed E-state index contributed by atoms with van der Waals surface area (Å²) in [6, 6.07) is 2.68. The van der Waals surface area contributed by atoms with Crippen LogP contribution in [-0.2, 0) is 18.0 Å². The van der Waals surface area contributed by atoms with Crippen molar-refractivity contribution < 1.29 is 18.0 Å². The average Bonchev–Trinajstić information content (AvgIpc) is 2.96. The van der Waals surface area contributed by atoms with Crippen LogP contribution in [0.3, 0.4) is 0 Å². The van der Waals surface area contributed by atoms with E-state index >= 15 is 0 Å². The summed E-state index contributed by atoms with van der Waals surface area (Å²) >= 11 is 1.50. The van der Waals surface area contributed by atoms with Crippen molar-refractivity contribution in [2.45, 2.75) is 24.9 Å². The van der Waals surface area contributed by atoms with Gasteiger partial charge in [-0.15, -0.1) is 22.0 Å². The van der Waals surface area contributed by atoms with Gasteiger partial charge in [-0.05, 0) is 11.8 Å². The topological polar surface area (TPSA) is 76.8 Å². The van der Waals surface area contributed by atoms with Gasteiger partial charge in [-0.2, -0.15) is 13.2 Å². The molecule has 0 saturated heterocycles. The molecular weight excluding hydrogens is 393 g/mol. The number of pyridine rings is 1. The molecule has 28 heavy (non-hydrogen) atoms. The van der Waals surface area contributed by atoms with E-state index in [2.05, 4.69) is 20.2 Å². The fourth-order valence-corrected chi connectivity index (χ4v) is 3.37. The molecule has 1 amide bonds. The van der Waals surface area contributed by atoms with Crippen molar-refractivity contribution in [2.75, 3.05) is 17.7 Å². The number of alkyl halides is 3. The second-order valence-corrected chi connectivity index (χ2v) is 7.29. The second kappa shape index (κ2) is 7.38. The van der Waals surface area contributed by atoms with Crippen LogP contribution in [0.2, 0.25) is 0 Å². The molecule has 0 aliphatic heterocycles. The number of imidazole rings is 1. The molecule has 0 radical (unpaired) electrons. The Kier molecular flexibility index (Phi) is 5.28. The molecule has 3 aromatic heterocycles. The molecule has 0 aliphatic rings. The molecule has 0 N–H and O–H groups in total. The first-order valence-corrected chi connectivity index (χ1v) is 9.27. The van der Waals surface area contributed by atoms with Crippen molar-refractivity contribution in [1.29, 1.82) is 0 Å². The number of hydrogen-bond acceptors (Lipinski definition) is 6. The van der Waals surface area contributed by atoms with Gasteiger partial charge in [0.25, 0.3) is 0 Å². The van der Waals surface area contributed by atoms with E-state index < -0.39 is 11.9 Å². The molecule has 0 atom stereocenters. The number of halogens is 3. The summed E-state index contributed by atoms with van der Waals surface area (Å²) in [5.41, 5.74) is 0.326. The van der Waals surface area contributed by atoms with Gasteiger partial charge in [0, 0.05) is 32.0 Å². The Hall–Kier alpha value is -2.69. The Morgan fingerprint density at radius 2 is 2.00 bits per heavy atom. The maximum Gasteiger partial charge on any atom is 0.435 e. The van der Waals surface area contributed by atoms with Crippen LogP contribution in [-0.4, -0.2) is 43.4 Å². The molecule has 148 valence electrons. The Bertz CT molecular complexity index is 1050. The summed E-state index contributed by atoms with van der Waals surface area (Å²) in [5, 5.41) is 6.94. The number of anilines is 1. The highest BCUT2D eigenvalue weighted by atomic mass is 32.2. The van der Waals surface area contributed by atoms with Gasteiger partial charge >= 0.3 is 6.18 Å². The first-order chi connectivity index (χ1) is 13.1. The van der Waals surface area contributed by atoms with Crippen LogP contribution in [0.1, 0.15) is 19.5 Å². The molecule has 0 bridgehead atoms. The summed E-state index contributed by atoms with van der Waals surface area (Å²) in [5.74, 6) is 0.973. The Morgan fingerprint density at radius 3 is 2.61 bits per heavy atom. The van der Waals surface area contributed by atoms with Crippen LogP contribution in [0.4, 0.5) is 18.9 Å². The van der Waals surface area contributed by atoms with Gasteiger partial charge in [-0.25, -0.2) is 9.97 Å². The van der Waals surface area contributed by atoms with E-state index in [1.165, 1.54) is 29.8 Å². The summed E-state index contributed by atoms with van der Waals surface area (Å²) in [6.45, 7) is 3.41. The third kappa shape index (κ3) is 3.66. The second-order valence-electron chi connectivity index (χ2n) is 5.98. The average molecular weight is 410 g/mol. The van der Waals surface area contributed by atoms with Gasteiger partial charge < -0.3 is 9.47 Å². The number of hydrogen-bond donors (Lipinski definition) is 0. The Balaban J connectivity index is 2.15. The van der Waals surface area contributed by atoms with Gasteiger partial charge in [-0.3, -0.25) is 4.79 Å². The van der Waals surface area contributed by atoms with E-state index in [0.29, 0.717) is 17.2 Å². The predicted molar refractivity (Wildman–Crippen MR) is 100 cm³/mol. The Labute approximate surface area is 163 Å². The molecule has 0 aromatic carbocycles. The Morgan fingerprint density at radius 1 is 1.29 bits per heavy atom. The van der Waals surface area contributed by atoms with Gasteiger partial charge in [-0.1, -0.05) is 6.92 Å². The molecule has 11 heteroatoms. The van der Waals surface area contributed by atoms with Crippen molar-refractivity contribution in [3.63, 3.8) is 0 Å². The van der Waals surface area contributed by atoms with E-state index in [0.717, 1.165) is 16.7 Å². The van der Waals surface area contributed by atoms with Crippen molar-refractivity contribution in [2.24, 2.45) is 7.05 Å². The first kappa shape index (κ1) is 20.1. The SMILES string of the molecule is CCSc1cc(N(C)C(C)=O)cnc1-c1nc2cc(C(F)(F)F)nnc2n1C. The van der Waals surface area contributed by atoms with Gasteiger partial charge in [0.2, 0.25) is 5.91 Å². The maximum atomic E-state index is 12.9. The highest BCUT2D eigenvalue weighted by Crippen LogP contribution is 2.34. The molecule has 3 heterocycles. The number of fused-ring (bicyclic) bond motifs is 1. The number of aryl methyl sites for hydroxylation is 1. The molecule has 0 spiro atoms. The molecule has 0 aliphatic carbocycles. The molecule has 3 rings (SSSR count). The first-order valence-electron chi connectivity index (χ1n) is 8.28. The highest BCUT2D eigenvalue weighted by Gasteiger charge is 2.34. The summed E-state index contributed by atoms with van der Waals surface area (Å²) in [7, 11) is 3.28. The molecule has 0 fully saturated rings. The number of thioether (sulfide) groups is 1. The summed E-state index contributed by atoms with van der Waals surface area (Å²) in [4.78, 5) is 22.6. The van der Waals surface area contributed by atoms with E-state index in [9.17, 15) is 18.0 Å². The lowest BCUT2D eigenvalue weighted by molar-refractivity contribution is -0.141. The van der Waals surface area contributed by atoms with Crippen LogP contribution >= 0.6 is 11.8 Å². The van der Waals surface area contributed by atoms with Gasteiger partial charge in [0.1, 0.15) is 11.2 Å². The van der Waals surface area contributed by atoms with E-state index in [4.69, 9.17) is 0 Å². The van der Waals surface area contributed by atoms with Crippen molar-refractivity contribution in [1.82, 2.24) is 24.7 Å². The molecule has 3 aromatic rings. The number of carbonyl (C=O) groups is 1. The van der Waals surface area contributed by atoms with Crippen molar-refractivity contribution in [3.05, 3.63) is 24.0 Å². The minimum absolute atomic E-state index is 0.0824. The number of nitrogens with zero attached hydrogens (tertiary/aromatic N) is 6. The number of rotatable bonds is 4. The third-order valence-electron chi connectivity index (χ3n) is 4.12. The molecular formula is C17H17F3N6OS. The number of amides is 1. The van der Waals surface area contributed by atoms with E-state index in [1.807, 2.05) is 13.0 Å². The van der Waals surface area contributed by atoms with Crippen molar-refractivity contribution >= 4 is 34.5 Å².